The molecule has 1 heterocycles. The number of anilines is 1. The number of carbonyl (C=O) groups excluding carboxylic acids is 2. The number of phenolic OH excluding ortho intramolecular Hbond substituents is 1. The topological polar surface area (TPSA) is 69.6 Å². The molecular weight excluding hydrogens is 416 g/mol. The molecule has 0 saturated carbocycles. The van der Waals surface area contributed by atoms with Crippen LogP contribution in [0.2, 0.25) is 0 Å². The Hall–Kier alpha value is -2.64. The Bertz CT molecular complexity index is 971. The van der Waals surface area contributed by atoms with E-state index < -0.39 is 0 Å². The molecule has 30 heavy (non-hydrogen) atoms. The number of benzene rings is 2. The van der Waals surface area contributed by atoms with Crippen LogP contribution in [-0.2, 0) is 9.59 Å². The van der Waals surface area contributed by atoms with E-state index >= 15 is 0 Å². The molecule has 0 atom stereocenters. The maximum absolute atomic E-state index is 12.7. The van der Waals surface area contributed by atoms with Gasteiger partial charge in [0.25, 0.3) is 5.91 Å². The zero-order valence-corrected chi connectivity index (χ0v) is 18.4. The number of carbonyl (C=O) groups is 2. The number of nitrogens with zero attached hydrogens (tertiary/aromatic N) is 1. The van der Waals surface area contributed by atoms with E-state index in [1.54, 1.807) is 23.1 Å². The Balaban J connectivity index is 1.42. The van der Waals surface area contributed by atoms with E-state index in [0.717, 1.165) is 18.4 Å². The lowest BCUT2D eigenvalue weighted by Crippen LogP contribution is -2.29. The largest absolute Gasteiger partial charge is 0.506 e. The number of aryl methyl sites for hydroxylation is 1. The van der Waals surface area contributed by atoms with Crippen LogP contribution in [0.3, 0.4) is 0 Å². The summed E-state index contributed by atoms with van der Waals surface area (Å²) in [6.45, 7) is 2.58. The van der Waals surface area contributed by atoms with Gasteiger partial charge in [-0.1, -0.05) is 72.4 Å². The minimum Gasteiger partial charge on any atom is -0.506 e. The number of thiocarbonyl (C=S) groups is 1. The van der Waals surface area contributed by atoms with Crippen molar-refractivity contribution in [1.29, 1.82) is 0 Å². The van der Waals surface area contributed by atoms with Crippen LogP contribution >= 0.6 is 24.0 Å². The first-order valence-corrected chi connectivity index (χ1v) is 11.1. The van der Waals surface area contributed by atoms with Crippen LogP contribution in [0.5, 0.6) is 5.75 Å². The van der Waals surface area contributed by atoms with Crippen LogP contribution in [0.4, 0.5) is 5.69 Å². The second kappa shape index (κ2) is 10.4. The molecule has 5 nitrogen and oxygen atoms in total. The van der Waals surface area contributed by atoms with Crippen molar-refractivity contribution in [3.63, 3.8) is 0 Å². The highest BCUT2D eigenvalue weighted by Gasteiger charge is 2.31. The van der Waals surface area contributed by atoms with Gasteiger partial charge in [0.15, 0.2) is 0 Å². The van der Waals surface area contributed by atoms with Gasteiger partial charge < -0.3 is 10.4 Å². The van der Waals surface area contributed by atoms with Crippen molar-refractivity contribution in [3.8, 4) is 5.75 Å². The van der Waals surface area contributed by atoms with Crippen molar-refractivity contribution in [2.75, 3.05) is 11.9 Å². The number of unbranched alkanes of at least 4 members (excludes halogenated alkanes) is 2. The number of hydrogen-bond acceptors (Lipinski definition) is 5. The van der Waals surface area contributed by atoms with Gasteiger partial charge in [0.2, 0.25) is 5.91 Å². The Labute approximate surface area is 186 Å². The number of thioether (sulfide) groups is 1. The summed E-state index contributed by atoms with van der Waals surface area (Å²) in [6.07, 6.45) is 4.52. The molecule has 1 saturated heterocycles. The van der Waals surface area contributed by atoms with Crippen molar-refractivity contribution in [1.82, 2.24) is 4.90 Å². The molecular formula is C23H24N2O3S2. The van der Waals surface area contributed by atoms with Gasteiger partial charge in [-0.2, -0.15) is 0 Å². The molecule has 2 amide bonds. The number of amides is 2. The van der Waals surface area contributed by atoms with Crippen LogP contribution in [0.1, 0.15) is 36.8 Å². The first-order chi connectivity index (χ1) is 14.4. The number of aromatic hydroxyl groups is 1. The summed E-state index contributed by atoms with van der Waals surface area (Å²) in [4.78, 5) is 26.9. The van der Waals surface area contributed by atoms with Crippen molar-refractivity contribution in [3.05, 3.63) is 64.6 Å². The fraction of sp³-hybridized carbons (Fsp3) is 0.261. The molecule has 2 aromatic rings. The minimum atomic E-state index is -0.136. The molecule has 2 aromatic carbocycles. The highest BCUT2D eigenvalue weighted by molar-refractivity contribution is 8.26. The van der Waals surface area contributed by atoms with E-state index in [2.05, 4.69) is 5.32 Å². The van der Waals surface area contributed by atoms with Crippen molar-refractivity contribution >= 4 is 51.9 Å². The number of nitrogens with one attached hydrogen (secondary N) is 1. The van der Waals surface area contributed by atoms with E-state index in [4.69, 9.17) is 12.2 Å². The van der Waals surface area contributed by atoms with Crippen molar-refractivity contribution < 1.29 is 14.7 Å². The fourth-order valence-corrected chi connectivity index (χ4v) is 4.34. The molecule has 0 aliphatic carbocycles. The van der Waals surface area contributed by atoms with E-state index in [1.807, 2.05) is 37.3 Å². The molecule has 0 unspecified atom stereocenters. The molecule has 1 aliphatic heterocycles. The highest BCUT2D eigenvalue weighted by Crippen LogP contribution is 2.32. The van der Waals surface area contributed by atoms with Crippen LogP contribution in [0, 0.1) is 6.92 Å². The predicted molar refractivity (Wildman–Crippen MR) is 126 cm³/mol. The second-order valence-corrected chi connectivity index (χ2v) is 8.80. The normalized spacial score (nSPS) is 15.1. The third kappa shape index (κ3) is 5.93. The lowest BCUT2D eigenvalue weighted by Gasteiger charge is -2.14. The fourth-order valence-electron chi connectivity index (χ4n) is 3.03. The zero-order valence-electron chi connectivity index (χ0n) is 16.8. The van der Waals surface area contributed by atoms with Crippen LogP contribution in [0.25, 0.3) is 6.08 Å². The SMILES string of the molecule is Cc1ccc(C=C2SC(=S)N(CCCCCC(=O)Nc3ccccc3O)C2=O)cc1. The summed E-state index contributed by atoms with van der Waals surface area (Å²) < 4.78 is 0.579. The number of phenols is 1. The first kappa shape index (κ1) is 22.1. The Morgan fingerprint density at radius 3 is 2.60 bits per heavy atom. The first-order valence-electron chi connectivity index (χ1n) is 9.84. The average Bonchev–Trinajstić information content (AvgIpc) is 2.98. The van der Waals surface area contributed by atoms with E-state index in [-0.39, 0.29) is 17.6 Å². The van der Waals surface area contributed by atoms with Gasteiger partial charge in [-0.3, -0.25) is 14.5 Å². The van der Waals surface area contributed by atoms with E-state index in [1.165, 1.54) is 23.4 Å². The summed E-state index contributed by atoms with van der Waals surface area (Å²) in [5, 5.41) is 12.4. The summed E-state index contributed by atoms with van der Waals surface area (Å²) in [7, 11) is 0. The third-order valence-corrected chi connectivity index (χ3v) is 6.09. The minimum absolute atomic E-state index is 0.0529. The Morgan fingerprint density at radius 1 is 1.13 bits per heavy atom. The van der Waals surface area contributed by atoms with Crippen LogP contribution in [0.15, 0.2) is 53.4 Å². The molecule has 156 valence electrons. The smallest absolute Gasteiger partial charge is 0.266 e. The standard InChI is InChI=1S/C23H24N2O3S2/c1-16-10-12-17(13-11-16)15-20-22(28)25(23(29)30-20)14-6-2-3-9-21(27)24-18-7-4-5-8-19(18)26/h4-5,7-8,10-13,15,26H,2-3,6,9,14H2,1H3,(H,24,27). The molecule has 0 spiro atoms. The molecule has 0 bridgehead atoms. The van der Waals surface area contributed by atoms with Gasteiger partial charge in [0.05, 0.1) is 10.6 Å². The molecule has 0 radical (unpaired) electrons. The molecule has 0 aromatic heterocycles. The van der Waals surface area contributed by atoms with E-state index in [0.29, 0.717) is 34.3 Å². The molecule has 7 heteroatoms. The molecule has 1 fully saturated rings. The van der Waals surface area contributed by atoms with Gasteiger partial charge in [-0.15, -0.1) is 0 Å². The Kier molecular flexibility index (Phi) is 7.65. The number of rotatable bonds is 8. The summed E-state index contributed by atoms with van der Waals surface area (Å²) >= 11 is 6.71. The lowest BCUT2D eigenvalue weighted by molar-refractivity contribution is -0.122. The number of para-hydroxylation sites is 2. The monoisotopic (exact) mass is 440 g/mol. The predicted octanol–water partition coefficient (Wildman–Crippen LogP) is 5.10. The van der Waals surface area contributed by atoms with Gasteiger partial charge in [0.1, 0.15) is 10.1 Å². The van der Waals surface area contributed by atoms with E-state index in [9.17, 15) is 14.7 Å². The van der Waals surface area contributed by atoms with Gasteiger partial charge >= 0.3 is 0 Å². The molecule has 1 aliphatic rings. The maximum Gasteiger partial charge on any atom is 0.266 e. The van der Waals surface area contributed by atoms with Crippen LogP contribution < -0.4 is 5.32 Å². The molecule has 3 rings (SSSR count). The summed E-state index contributed by atoms with van der Waals surface area (Å²) in [5.74, 6) is -0.134. The maximum atomic E-state index is 12.7. The van der Waals surface area contributed by atoms with Crippen LogP contribution in [-0.4, -0.2) is 32.7 Å². The zero-order chi connectivity index (χ0) is 21.5. The number of hydrogen-bond donors (Lipinski definition) is 2. The van der Waals surface area contributed by atoms with Gasteiger partial charge in [-0.25, -0.2) is 0 Å². The van der Waals surface area contributed by atoms with Gasteiger partial charge in [0, 0.05) is 13.0 Å². The van der Waals surface area contributed by atoms with Crippen molar-refractivity contribution in [2.45, 2.75) is 32.6 Å². The average molecular weight is 441 g/mol. The molecule has 2 N–H and O–H groups in total. The second-order valence-electron chi connectivity index (χ2n) is 7.12. The van der Waals surface area contributed by atoms with Crippen molar-refractivity contribution in [2.24, 2.45) is 0 Å². The highest BCUT2D eigenvalue weighted by atomic mass is 32.2. The summed E-state index contributed by atoms with van der Waals surface area (Å²) in [5.41, 5.74) is 2.57. The van der Waals surface area contributed by atoms with Gasteiger partial charge in [-0.05, 0) is 43.5 Å². The summed E-state index contributed by atoms with van der Waals surface area (Å²) in [6, 6.07) is 14.7. The quantitative estimate of drug-likeness (QED) is 0.259. The third-order valence-electron chi connectivity index (χ3n) is 4.71. The Morgan fingerprint density at radius 2 is 1.87 bits per heavy atom. The lowest BCUT2D eigenvalue weighted by atomic mass is 10.1.